The number of likely N-dealkylation sites (tertiary alicyclic amines) is 1. The van der Waals surface area contributed by atoms with E-state index < -0.39 is 5.97 Å². The van der Waals surface area contributed by atoms with Crippen molar-refractivity contribution in [2.75, 3.05) is 32.1 Å². The summed E-state index contributed by atoms with van der Waals surface area (Å²) in [5.41, 5.74) is 0.00923. The number of nitrogens with one attached hydrogen (secondary N) is 1. The number of carbonyl (C=O) groups excluding carboxylic acids is 1. The van der Waals surface area contributed by atoms with Gasteiger partial charge in [-0.15, -0.1) is 0 Å². The van der Waals surface area contributed by atoms with Crippen LogP contribution in [0.15, 0.2) is 12.3 Å². The molecule has 0 amide bonds. The van der Waals surface area contributed by atoms with E-state index in [-0.39, 0.29) is 5.56 Å². The molecule has 0 unspecified atom stereocenters. The molecule has 1 aliphatic rings. The Morgan fingerprint density at radius 3 is 2.68 bits per heavy atom. The molecule has 0 atom stereocenters. The van der Waals surface area contributed by atoms with Gasteiger partial charge in [0.25, 0.3) is 0 Å². The highest BCUT2D eigenvalue weighted by atomic mass is 35.5. The third-order valence-corrected chi connectivity index (χ3v) is 4.03. The minimum absolute atomic E-state index is 0.00923. The van der Waals surface area contributed by atoms with E-state index in [4.69, 9.17) is 11.6 Å². The van der Waals surface area contributed by atoms with Crippen LogP contribution >= 0.6 is 11.6 Å². The van der Waals surface area contributed by atoms with Gasteiger partial charge in [0.1, 0.15) is 5.82 Å². The quantitative estimate of drug-likeness (QED) is 0.790. The van der Waals surface area contributed by atoms with Crippen molar-refractivity contribution in [1.82, 2.24) is 4.98 Å². The maximum atomic E-state index is 10.7. The van der Waals surface area contributed by atoms with E-state index in [1.54, 1.807) is 0 Å². The van der Waals surface area contributed by atoms with Gasteiger partial charge < -0.3 is 19.7 Å². The normalized spacial score (nSPS) is 23.1. The molecule has 5 nitrogen and oxygen atoms in total. The molecular formula is C13H18ClN3O2. The number of carboxylic acids is 1. The lowest BCUT2D eigenvalue weighted by Crippen LogP contribution is -3.10. The number of hydrogen-bond acceptors (Lipinski definition) is 4. The summed E-state index contributed by atoms with van der Waals surface area (Å²) in [6, 6.07) is 1.80. The third-order valence-electron chi connectivity index (χ3n) is 3.75. The highest BCUT2D eigenvalue weighted by molar-refractivity contribution is 6.33. The van der Waals surface area contributed by atoms with E-state index in [1.165, 1.54) is 17.2 Å². The lowest BCUT2D eigenvalue weighted by molar-refractivity contribution is -0.884. The molecule has 1 fully saturated rings. The number of pyridine rings is 1. The largest absolute Gasteiger partial charge is 0.545 e. The van der Waals surface area contributed by atoms with Gasteiger partial charge in [-0.25, -0.2) is 4.98 Å². The van der Waals surface area contributed by atoms with E-state index in [0.29, 0.717) is 16.9 Å². The van der Waals surface area contributed by atoms with Crippen molar-refractivity contribution in [1.29, 1.82) is 0 Å². The first-order chi connectivity index (χ1) is 8.99. The lowest BCUT2D eigenvalue weighted by atomic mass is 10.0. The molecule has 1 aliphatic heterocycles. The van der Waals surface area contributed by atoms with Crippen LogP contribution in [0, 0.1) is 0 Å². The van der Waals surface area contributed by atoms with Gasteiger partial charge in [-0.05, 0) is 6.07 Å². The van der Waals surface area contributed by atoms with Crippen LogP contribution in [-0.4, -0.2) is 44.2 Å². The maximum absolute atomic E-state index is 10.7. The molecule has 6 heteroatoms. The lowest BCUT2D eigenvalue weighted by Gasteiger charge is -2.34. The van der Waals surface area contributed by atoms with Crippen molar-refractivity contribution >= 4 is 23.4 Å². The Morgan fingerprint density at radius 1 is 1.53 bits per heavy atom. The maximum Gasteiger partial charge on any atom is 0.147 e. The predicted molar refractivity (Wildman–Crippen MR) is 71.6 cm³/mol. The van der Waals surface area contributed by atoms with Gasteiger partial charge in [0.2, 0.25) is 0 Å². The van der Waals surface area contributed by atoms with E-state index in [0.717, 1.165) is 25.9 Å². The van der Waals surface area contributed by atoms with Crippen LogP contribution in [-0.2, 0) is 0 Å². The smallest absolute Gasteiger partial charge is 0.147 e. The van der Waals surface area contributed by atoms with Crippen molar-refractivity contribution in [2.24, 2.45) is 0 Å². The second-order valence-corrected chi connectivity index (χ2v) is 5.52. The number of piperidine rings is 1. The SMILES string of the molecule is CN(c1ncc(C(=O)[O-])cc1Cl)C1CC[NH+](C)CC1. The van der Waals surface area contributed by atoms with Gasteiger partial charge in [0.15, 0.2) is 0 Å². The molecule has 0 radical (unpaired) electrons. The van der Waals surface area contributed by atoms with E-state index in [2.05, 4.69) is 12.0 Å². The number of carboxylic acid groups (broad SMARTS) is 1. The van der Waals surface area contributed by atoms with Gasteiger partial charge >= 0.3 is 0 Å². The summed E-state index contributed by atoms with van der Waals surface area (Å²) in [5, 5.41) is 11.1. The molecule has 0 aliphatic carbocycles. The second-order valence-electron chi connectivity index (χ2n) is 5.12. The number of carbonyl (C=O) groups is 1. The van der Waals surface area contributed by atoms with E-state index in [1.807, 2.05) is 11.9 Å². The zero-order chi connectivity index (χ0) is 14.0. The van der Waals surface area contributed by atoms with Crippen LogP contribution < -0.4 is 14.9 Å². The van der Waals surface area contributed by atoms with Crippen molar-refractivity contribution in [2.45, 2.75) is 18.9 Å². The topological polar surface area (TPSA) is 60.7 Å². The molecule has 1 aromatic rings. The summed E-state index contributed by atoms with van der Waals surface area (Å²) in [6.07, 6.45) is 3.47. The fourth-order valence-electron chi connectivity index (χ4n) is 2.46. The molecule has 1 saturated heterocycles. The zero-order valence-corrected chi connectivity index (χ0v) is 11.9. The summed E-state index contributed by atoms with van der Waals surface area (Å²) >= 11 is 6.12. The first kappa shape index (κ1) is 14.1. The molecule has 2 heterocycles. The van der Waals surface area contributed by atoms with Gasteiger partial charge in [-0.2, -0.15) is 0 Å². The van der Waals surface area contributed by atoms with Gasteiger partial charge in [-0.3, -0.25) is 0 Å². The Balaban J connectivity index is 2.15. The van der Waals surface area contributed by atoms with Crippen LogP contribution in [0.25, 0.3) is 0 Å². The Bertz CT molecular complexity index is 473. The Hall–Kier alpha value is -1.33. The molecule has 0 saturated carbocycles. The Labute approximate surface area is 117 Å². The Kier molecular flexibility index (Phi) is 4.27. The number of rotatable bonds is 3. The molecule has 0 aromatic carbocycles. The number of anilines is 1. The second kappa shape index (κ2) is 5.75. The molecule has 104 valence electrons. The molecule has 19 heavy (non-hydrogen) atoms. The van der Waals surface area contributed by atoms with Gasteiger partial charge in [0.05, 0.1) is 31.1 Å². The van der Waals surface area contributed by atoms with Crippen molar-refractivity contribution < 1.29 is 14.8 Å². The van der Waals surface area contributed by atoms with E-state index in [9.17, 15) is 9.90 Å². The summed E-state index contributed by atoms with van der Waals surface area (Å²) in [4.78, 5) is 18.5. The van der Waals surface area contributed by atoms with Crippen LogP contribution in [0.5, 0.6) is 0 Å². The highest BCUT2D eigenvalue weighted by Gasteiger charge is 2.24. The molecule has 1 aromatic heterocycles. The van der Waals surface area contributed by atoms with Gasteiger partial charge in [0, 0.05) is 37.7 Å². The van der Waals surface area contributed by atoms with Crippen LogP contribution in [0.2, 0.25) is 5.02 Å². The van der Waals surface area contributed by atoms with E-state index >= 15 is 0 Å². The summed E-state index contributed by atoms with van der Waals surface area (Å²) < 4.78 is 0. The molecule has 2 rings (SSSR count). The fourth-order valence-corrected chi connectivity index (χ4v) is 2.76. The monoisotopic (exact) mass is 283 g/mol. The standard InChI is InChI=1S/C13H18ClN3O2/c1-16-5-3-10(4-6-16)17(2)12-11(14)7-9(8-15-12)13(18)19/h7-8,10H,3-6H2,1-2H3,(H,18,19). The zero-order valence-electron chi connectivity index (χ0n) is 11.1. The average Bonchev–Trinajstić information content (AvgIpc) is 2.38. The van der Waals surface area contributed by atoms with Crippen molar-refractivity contribution in [3.05, 3.63) is 22.8 Å². The molecule has 0 bridgehead atoms. The number of aromatic carboxylic acids is 1. The fraction of sp³-hybridized carbons (Fsp3) is 0.538. The Morgan fingerprint density at radius 2 is 2.16 bits per heavy atom. The van der Waals surface area contributed by atoms with Crippen molar-refractivity contribution in [3.63, 3.8) is 0 Å². The number of nitrogens with zero attached hydrogens (tertiary/aromatic N) is 2. The predicted octanol–water partition coefficient (Wildman–Crippen LogP) is -0.788. The minimum Gasteiger partial charge on any atom is -0.545 e. The van der Waals surface area contributed by atoms with Gasteiger partial charge in [-0.1, -0.05) is 11.6 Å². The third kappa shape index (κ3) is 3.16. The highest BCUT2D eigenvalue weighted by Crippen LogP contribution is 2.26. The number of hydrogen-bond donors (Lipinski definition) is 1. The van der Waals surface area contributed by atoms with Crippen LogP contribution in [0.4, 0.5) is 5.82 Å². The minimum atomic E-state index is -1.26. The number of halogens is 1. The van der Waals surface area contributed by atoms with Crippen LogP contribution in [0.3, 0.4) is 0 Å². The molecule has 0 spiro atoms. The summed E-state index contributed by atoms with van der Waals surface area (Å²) in [5.74, 6) is -0.622. The average molecular weight is 284 g/mol. The number of aromatic nitrogens is 1. The molecular weight excluding hydrogens is 266 g/mol. The summed E-state index contributed by atoms with van der Waals surface area (Å²) in [6.45, 7) is 2.26. The first-order valence-electron chi connectivity index (χ1n) is 6.40. The van der Waals surface area contributed by atoms with Crippen LogP contribution in [0.1, 0.15) is 23.2 Å². The molecule has 1 N–H and O–H groups in total. The summed E-state index contributed by atoms with van der Waals surface area (Å²) in [7, 11) is 4.15. The van der Waals surface area contributed by atoms with Crippen molar-refractivity contribution in [3.8, 4) is 0 Å². The first-order valence-corrected chi connectivity index (χ1v) is 6.78. The number of quaternary nitrogens is 1.